The Balaban J connectivity index is 1.78. The van der Waals surface area contributed by atoms with Crippen molar-refractivity contribution >= 4 is 88.0 Å². The van der Waals surface area contributed by atoms with Crippen molar-refractivity contribution in [1.29, 1.82) is 0 Å². The molecule has 0 N–H and O–H groups in total. The second-order valence-electron chi connectivity index (χ2n) is 8.05. The van der Waals surface area contributed by atoms with Crippen LogP contribution >= 0.6 is 61.8 Å². The molecule has 3 heterocycles. The van der Waals surface area contributed by atoms with Crippen LogP contribution in [0.1, 0.15) is 16.7 Å². The molecule has 35 heavy (non-hydrogen) atoms. The molecule has 7 heteroatoms. The van der Waals surface area contributed by atoms with Crippen molar-refractivity contribution < 1.29 is 4.57 Å². The average Bonchev–Trinajstić information content (AvgIpc) is 3.59. The lowest BCUT2D eigenvalue weighted by molar-refractivity contribution is 0.587. The van der Waals surface area contributed by atoms with Crippen molar-refractivity contribution in [3.05, 3.63) is 133 Å². The van der Waals surface area contributed by atoms with E-state index in [9.17, 15) is 0 Å². The molecule has 0 amide bonds. The summed E-state index contributed by atoms with van der Waals surface area (Å²) in [6.07, 6.45) is 0. The summed E-state index contributed by atoms with van der Waals surface area (Å²) in [5.41, 5.74) is 6.10. The van der Waals surface area contributed by atoms with Crippen molar-refractivity contribution in [2.45, 2.75) is 0 Å². The normalized spacial score (nSPS) is 17.5. The van der Waals surface area contributed by atoms with Crippen LogP contribution in [0.4, 0.5) is 5.69 Å². The lowest BCUT2D eigenvalue weighted by atomic mass is 9.94. The van der Waals surface area contributed by atoms with Crippen LogP contribution in [0.15, 0.2) is 117 Å². The molecule has 3 aromatic carbocycles. The second kappa shape index (κ2) is 9.34. The molecular formula is C28H18Br2NOPS2. The highest BCUT2D eigenvalue weighted by molar-refractivity contribution is 9.10. The average molecular weight is 639 g/mol. The van der Waals surface area contributed by atoms with Crippen molar-refractivity contribution in [3.8, 4) is 0 Å². The highest BCUT2D eigenvalue weighted by Crippen LogP contribution is 2.61. The monoisotopic (exact) mass is 637 g/mol. The third kappa shape index (κ3) is 3.92. The number of thiophene rings is 2. The smallest absolute Gasteiger partial charge is 0.253 e. The first-order valence-corrected chi connectivity index (χ1v) is 15.9. The Morgan fingerprint density at radius 2 is 1.31 bits per heavy atom. The highest BCUT2D eigenvalue weighted by atomic mass is 79.9. The van der Waals surface area contributed by atoms with Crippen LogP contribution in [0.3, 0.4) is 0 Å². The fourth-order valence-corrected chi connectivity index (χ4v) is 11.2. The van der Waals surface area contributed by atoms with E-state index in [0.717, 1.165) is 51.8 Å². The number of para-hydroxylation sites is 1. The standard InChI is InChI=1S/C28H18Br2NOPS2/c29-21-12-8-19(9-13-21)26-24-16-18-35-28(24)33(32,25-7-4-17-34-25)31(23-5-2-1-3-6-23)27(26)20-10-14-22(30)15-11-20/h1-18H. The lowest BCUT2D eigenvalue weighted by Crippen LogP contribution is -2.34. The predicted molar refractivity (Wildman–Crippen MR) is 159 cm³/mol. The number of anilines is 1. The van der Waals surface area contributed by atoms with Gasteiger partial charge >= 0.3 is 0 Å². The molecule has 0 saturated carbocycles. The van der Waals surface area contributed by atoms with E-state index in [1.807, 2.05) is 47.8 Å². The molecule has 172 valence electrons. The Hall–Kier alpha value is -2.21. The molecule has 5 aromatic rings. The quantitative estimate of drug-likeness (QED) is 0.183. The van der Waals surface area contributed by atoms with Gasteiger partial charge in [0.05, 0.1) is 14.9 Å². The van der Waals surface area contributed by atoms with E-state index in [0.29, 0.717) is 0 Å². The second-order valence-corrected chi connectivity index (χ2v) is 14.8. The first-order valence-electron chi connectivity index (χ1n) is 10.9. The van der Waals surface area contributed by atoms with Gasteiger partial charge < -0.3 is 0 Å². The van der Waals surface area contributed by atoms with E-state index in [4.69, 9.17) is 0 Å². The molecule has 2 nitrogen and oxygen atoms in total. The van der Waals surface area contributed by atoms with Crippen LogP contribution in [-0.4, -0.2) is 0 Å². The van der Waals surface area contributed by atoms with Gasteiger partial charge in [0.15, 0.2) is 0 Å². The summed E-state index contributed by atoms with van der Waals surface area (Å²) in [5.74, 6) is 0. The molecule has 0 saturated heterocycles. The van der Waals surface area contributed by atoms with Gasteiger partial charge in [0, 0.05) is 25.8 Å². The van der Waals surface area contributed by atoms with Gasteiger partial charge in [-0.05, 0) is 70.4 Å². The van der Waals surface area contributed by atoms with Gasteiger partial charge in [-0.25, -0.2) is 0 Å². The van der Waals surface area contributed by atoms with Crippen molar-refractivity contribution in [3.63, 3.8) is 0 Å². The van der Waals surface area contributed by atoms with Crippen molar-refractivity contribution in [2.24, 2.45) is 0 Å². The Kier molecular flexibility index (Phi) is 6.20. The Morgan fingerprint density at radius 3 is 1.94 bits per heavy atom. The Bertz CT molecular complexity index is 1570. The zero-order valence-corrected chi connectivity index (χ0v) is 24.0. The number of nitrogens with zero attached hydrogens (tertiary/aromatic N) is 1. The largest absolute Gasteiger partial charge is 0.288 e. The number of benzene rings is 3. The minimum Gasteiger partial charge on any atom is -0.288 e. The fourth-order valence-electron chi connectivity index (χ4n) is 4.48. The first-order chi connectivity index (χ1) is 17.1. The van der Waals surface area contributed by atoms with E-state index in [1.54, 1.807) is 22.7 Å². The van der Waals surface area contributed by atoms with Gasteiger partial charge in [-0.2, -0.15) is 0 Å². The fraction of sp³-hybridized carbons (Fsp3) is 0. The van der Waals surface area contributed by atoms with Gasteiger partial charge in [-0.1, -0.05) is 80.4 Å². The van der Waals surface area contributed by atoms with Crippen LogP contribution in [0.25, 0.3) is 11.3 Å². The third-order valence-electron chi connectivity index (χ3n) is 5.98. The number of hydrogen-bond donors (Lipinski definition) is 0. The molecule has 0 radical (unpaired) electrons. The minimum atomic E-state index is -3.20. The summed E-state index contributed by atoms with van der Waals surface area (Å²) in [5, 5.41) is 4.08. The van der Waals surface area contributed by atoms with E-state index >= 15 is 4.57 Å². The molecule has 1 aliphatic rings. The zero-order valence-electron chi connectivity index (χ0n) is 18.3. The maximum absolute atomic E-state index is 15.5. The van der Waals surface area contributed by atoms with E-state index in [1.165, 1.54) is 0 Å². The minimum absolute atomic E-state index is 0.884. The number of fused-ring (bicyclic) bond motifs is 1. The summed E-state index contributed by atoms with van der Waals surface area (Å²) in [6, 6.07) is 32.9. The molecule has 1 aliphatic heterocycles. The lowest BCUT2D eigenvalue weighted by Gasteiger charge is -2.40. The zero-order chi connectivity index (χ0) is 24.0. The SMILES string of the molecule is O=P1(c2cccs2)c2sccc2C(c2ccc(Br)cc2)=C(c2ccc(Br)cc2)N1c1ccccc1. The van der Waals surface area contributed by atoms with Crippen molar-refractivity contribution in [2.75, 3.05) is 4.67 Å². The van der Waals surface area contributed by atoms with Crippen LogP contribution < -0.4 is 13.9 Å². The summed E-state index contributed by atoms with van der Waals surface area (Å²) < 4.78 is 21.4. The molecular weight excluding hydrogens is 621 g/mol. The highest BCUT2D eigenvalue weighted by Gasteiger charge is 2.46. The van der Waals surface area contributed by atoms with Gasteiger partial charge in [0.25, 0.3) is 7.29 Å². The molecule has 0 aliphatic carbocycles. The molecule has 6 rings (SSSR count). The third-order valence-corrected chi connectivity index (χ3v) is 13.1. The number of rotatable bonds is 4. The summed E-state index contributed by atoms with van der Waals surface area (Å²) in [6.45, 7) is 0. The van der Waals surface area contributed by atoms with Gasteiger partial charge in [-0.15, -0.1) is 22.7 Å². The van der Waals surface area contributed by atoms with Crippen LogP contribution in [0.5, 0.6) is 0 Å². The van der Waals surface area contributed by atoms with Crippen molar-refractivity contribution in [1.82, 2.24) is 0 Å². The topological polar surface area (TPSA) is 20.3 Å². The van der Waals surface area contributed by atoms with Gasteiger partial charge in [0.1, 0.15) is 0 Å². The molecule has 0 bridgehead atoms. The summed E-state index contributed by atoms with van der Waals surface area (Å²) >= 11 is 10.3. The summed E-state index contributed by atoms with van der Waals surface area (Å²) in [4.78, 5) is 0. The maximum atomic E-state index is 15.5. The molecule has 0 spiro atoms. The van der Waals surface area contributed by atoms with Gasteiger partial charge in [-0.3, -0.25) is 9.24 Å². The Labute approximate surface area is 229 Å². The van der Waals surface area contributed by atoms with E-state index in [2.05, 4.69) is 96.5 Å². The Morgan fingerprint density at radius 1 is 0.657 bits per heavy atom. The van der Waals surface area contributed by atoms with E-state index < -0.39 is 7.29 Å². The maximum Gasteiger partial charge on any atom is 0.253 e. The summed E-state index contributed by atoms with van der Waals surface area (Å²) in [7, 11) is -3.20. The number of halogens is 2. The molecule has 1 atom stereocenters. The first kappa shape index (κ1) is 23.2. The molecule has 1 unspecified atom stereocenters. The van der Waals surface area contributed by atoms with Gasteiger partial charge in [0.2, 0.25) is 0 Å². The number of hydrogen-bond acceptors (Lipinski definition) is 3. The van der Waals surface area contributed by atoms with E-state index in [-0.39, 0.29) is 0 Å². The van der Waals surface area contributed by atoms with Crippen LogP contribution in [0.2, 0.25) is 0 Å². The van der Waals surface area contributed by atoms with Crippen LogP contribution in [-0.2, 0) is 4.57 Å². The van der Waals surface area contributed by atoms with Crippen LogP contribution in [0, 0.1) is 0 Å². The molecule has 0 fully saturated rings. The predicted octanol–water partition coefficient (Wildman–Crippen LogP) is 9.00. The molecule has 2 aromatic heterocycles.